The van der Waals surface area contributed by atoms with E-state index in [1.807, 2.05) is 0 Å². The molecule has 2 rings (SSSR count). The van der Waals surface area contributed by atoms with Gasteiger partial charge < -0.3 is 10.2 Å². The lowest BCUT2D eigenvalue weighted by Crippen LogP contribution is -2.30. The van der Waals surface area contributed by atoms with Crippen LogP contribution in [0.15, 0.2) is 58.3 Å². The first-order valence-corrected chi connectivity index (χ1v) is 11.4. The molecule has 0 radical (unpaired) electrons. The van der Waals surface area contributed by atoms with E-state index >= 15 is 0 Å². The van der Waals surface area contributed by atoms with Gasteiger partial charge in [-0.25, -0.2) is 8.42 Å². The number of hydrogen-bond donors (Lipinski definition) is 1. The van der Waals surface area contributed by atoms with Gasteiger partial charge in [-0.3, -0.25) is 9.59 Å². The summed E-state index contributed by atoms with van der Waals surface area (Å²) in [5, 5.41) is 2.60. The lowest BCUT2D eigenvalue weighted by Gasteiger charge is -2.18. The summed E-state index contributed by atoms with van der Waals surface area (Å²) in [6, 6.07) is 12.9. The van der Waals surface area contributed by atoms with Crippen LogP contribution in [-0.2, 0) is 10.0 Å². The Kier molecular flexibility index (Phi) is 7.83. The van der Waals surface area contributed by atoms with Crippen molar-refractivity contribution < 1.29 is 18.0 Å². The Labute approximate surface area is 176 Å². The smallest absolute Gasteiger partial charge is 0.286 e. The molecule has 2 amide bonds. The summed E-state index contributed by atoms with van der Waals surface area (Å²) in [4.78, 5) is 26.9. The van der Waals surface area contributed by atoms with Gasteiger partial charge in [-0.1, -0.05) is 32.0 Å². The molecule has 0 saturated carbocycles. The van der Waals surface area contributed by atoms with Gasteiger partial charge >= 0.3 is 0 Å². The number of carbonyl (C=O) groups is 2. The van der Waals surface area contributed by atoms with Gasteiger partial charge in [0, 0.05) is 37.6 Å². The molecule has 0 aliphatic heterocycles. The molecule has 29 heavy (non-hydrogen) atoms. The molecule has 0 heterocycles. The quantitative estimate of drug-likeness (QED) is 0.670. The van der Waals surface area contributed by atoms with Gasteiger partial charge in [-0.05, 0) is 42.1 Å². The van der Waals surface area contributed by atoms with Crippen molar-refractivity contribution in [1.82, 2.24) is 9.21 Å². The van der Waals surface area contributed by atoms with Crippen LogP contribution in [0.5, 0.6) is 0 Å². The summed E-state index contributed by atoms with van der Waals surface area (Å²) in [5.41, 5.74) is 0.701. The average molecular weight is 436 g/mol. The summed E-state index contributed by atoms with van der Waals surface area (Å²) < 4.78 is 26.8. The Bertz CT molecular complexity index is 987. The molecule has 156 valence electrons. The maximum atomic E-state index is 12.7. The number of carbonyl (C=O) groups excluding carboxylic acids is 2. The molecule has 2 aromatic carbocycles. The van der Waals surface area contributed by atoms with Crippen LogP contribution in [0.3, 0.4) is 0 Å². The zero-order valence-electron chi connectivity index (χ0n) is 16.9. The molecule has 1 N–H and O–H groups in total. The van der Waals surface area contributed by atoms with Crippen molar-refractivity contribution in [2.75, 3.05) is 32.5 Å². The van der Waals surface area contributed by atoms with Crippen molar-refractivity contribution >= 4 is 38.6 Å². The Morgan fingerprint density at radius 1 is 1.00 bits per heavy atom. The molecule has 7 nitrogen and oxygen atoms in total. The number of hydrogen-bond acceptors (Lipinski definition) is 5. The third-order valence-electron chi connectivity index (χ3n) is 4.14. The number of thioether (sulfide) groups is 1. The first-order valence-electron chi connectivity index (χ1n) is 9.10. The lowest BCUT2D eigenvalue weighted by molar-refractivity contribution is 0.102. The molecule has 0 aromatic heterocycles. The largest absolute Gasteiger partial charge is 0.339 e. The number of rotatable bonds is 7. The summed E-state index contributed by atoms with van der Waals surface area (Å²) in [7, 11) is -0.362. The van der Waals surface area contributed by atoms with Gasteiger partial charge in [0.2, 0.25) is 10.0 Å². The van der Waals surface area contributed by atoms with Gasteiger partial charge in [-0.2, -0.15) is 4.31 Å². The van der Waals surface area contributed by atoms with Gasteiger partial charge in [0.05, 0.1) is 10.6 Å². The van der Waals surface area contributed by atoms with Crippen LogP contribution in [-0.4, -0.2) is 56.0 Å². The molecule has 0 bridgehead atoms. The van der Waals surface area contributed by atoms with Gasteiger partial charge in [0.15, 0.2) is 0 Å². The minimum Gasteiger partial charge on any atom is -0.339 e. The first kappa shape index (κ1) is 22.9. The van der Waals surface area contributed by atoms with Crippen molar-refractivity contribution in [2.45, 2.75) is 23.6 Å². The Morgan fingerprint density at radius 2 is 1.66 bits per heavy atom. The molecule has 0 aliphatic rings. The second-order valence-corrected chi connectivity index (χ2v) is 9.26. The second kappa shape index (κ2) is 9.91. The monoisotopic (exact) mass is 435 g/mol. The normalized spacial score (nSPS) is 11.3. The molecular weight excluding hydrogens is 410 g/mol. The Hall–Kier alpha value is -2.36. The van der Waals surface area contributed by atoms with Gasteiger partial charge in [-0.15, -0.1) is 0 Å². The van der Waals surface area contributed by atoms with E-state index in [0.29, 0.717) is 23.7 Å². The van der Waals surface area contributed by atoms with E-state index in [1.165, 1.54) is 21.3 Å². The molecule has 0 fully saturated rings. The number of nitrogens with zero attached hydrogens (tertiary/aromatic N) is 2. The van der Waals surface area contributed by atoms with Crippen LogP contribution >= 0.6 is 11.8 Å². The fourth-order valence-corrected chi connectivity index (χ4v) is 4.80. The van der Waals surface area contributed by atoms with Crippen molar-refractivity contribution in [1.29, 1.82) is 0 Å². The predicted octanol–water partition coefficient (Wildman–Crippen LogP) is 3.74. The Balaban J connectivity index is 2.29. The van der Waals surface area contributed by atoms with Gasteiger partial charge in [0.25, 0.3) is 11.1 Å². The lowest BCUT2D eigenvalue weighted by atomic mass is 10.2. The zero-order valence-corrected chi connectivity index (χ0v) is 18.5. The van der Waals surface area contributed by atoms with Crippen LogP contribution in [0.4, 0.5) is 10.5 Å². The van der Waals surface area contributed by atoms with E-state index in [-0.39, 0.29) is 15.7 Å². The van der Waals surface area contributed by atoms with E-state index in [1.54, 1.807) is 64.3 Å². The highest BCUT2D eigenvalue weighted by Gasteiger charge is 2.23. The SMILES string of the molecule is CCN(CC)S(=O)(=O)c1cccc(C(=O)Nc2ccccc2SC(=O)N(C)C)c1. The van der Waals surface area contributed by atoms with Gasteiger partial charge in [0.1, 0.15) is 0 Å². The van der Waals surface area contributed by atoms with Crippen molar-refractivity contribution in [2.24, 2.45) is 0 Å². The van der Waals surface area contributed by atoms with Crippen LogP contribution < -0.4 is 5.32 Å². The van der Waals surface area contributed by atoms with Crippen molar-refractivity contribution in [3.05, 3.63) is 54.1 Å². The molecule has 0 unspecified atom stereocenters. The fourth-order valence-electron chi connectivity index (χ4n) is 2.55. The minimum atomic E-state index is -3.66. The predicted molar refractivity (Wildman–Crippen MR) is 116 cm³/mol. The maximum Gasteiger partial charge on any atom is 0.286 e. The van der Waals surface area contributed by atoms with Crippen LogP contribution in [0.1, 0.15) is 24.2 Å². The van der Waals surface area contributed by atoms with E-state index in [2.05, 4.69) is 5.32 Å². The molecule has 9 heteroatoms. The highest BCUT2D eigenvalue weighted by atomic mass is 32.2. The number of para-hydroxylation sites is 1. The van der Waals surface area contributed by atoms with Crippen LogP contribution in [0.25, 0.3) is 0 Å². The molecule has 0 saturated heterocycles. The third kappa shape index (κ3) is 5.59. The highest BCUT2D eigenvalue weighted by molar-refractivity contribution is 8.13. The van der Waals surface area contributed by atoms with E-state index < -0.39 is 15.9 Å². The number of anilines is 1. The average Bonchev–Trinajstić information content (AvgIpc) is 2.70. The third-order valence-corrected chi connectivity index (χ3v) is 7.30. The fraction of sp³-hybridized carbons (Fsp3) is 0.300. The summed E-state index contributed by atoms with van der Waals surface area (Å²) >= 11 is 1.00. The minimum absolute atomic E-state index is 0.0688. The van der Waals surface area contributed by atoms with Crippen molar-refractivity contribution in [3.8, 4) is 0 Å². The molecule has 0 aliphatic carbocycles. The molecular formula is C20H25N3O4S2. The number of nitrogens with one attached hydrogen (secondary N) is 1. The molecule has 0 atom stereocenters. The Morgan fingerprint density at radius 3 is 2.28 bits per heavy atom. The van der Waals surface area contributed by atoms with E-state index in [0.717, 1.165) is 11.8 Å². The highest BCUT2D eigenvalue weighted by Crippen LogP contribution is 2.29. The number of benzene rings is 2. The van der Waals surface area contributed by atoms with Crippen LogP contribution in [0, 0.1) is 0 Å². The maximum absolute atomic E-state index is 12.7. The van der Waals surface area contributed by atoms with E-state index in [9.17, 15) is 18.0 Å². The molecule has 0 spiro atoms. The van der Waals surface area contributed by atoms with Crippen LogP contribution in [0.2, 0.25) is 0 Å². The second-order valence-electron chi connectivity index (χ2n) is 6.33. The van der Waals surface area contributed by atoms with E-state index in [4.69, 9.17) is 0 Å². The molecule has 2 aromatic rings. The van der Waals surface area contributed by atoms with Crippen molar-refractivity contribution in [3.63, 3.8) is 0 Å². The summed E-state index contributed by atoms with van der Waals surface area (Å²) in [5.74, 6) is -0.452. The first-order chi connectivity index (χ1) is 13.7. The number of amides is 2. The summed E-state index contributed by atoms with van der Waals surface area (Å²) in [6.07, 6.45) is 0. The zero-order chi connectivity index (χ0) is 21.6. The topological polar surface area (TPSA) is 86.8 Å². The number of sulfonamides is 1. The summed E-state index contributed by atoms with van der Waals surface area (Å²) in [6.45, 7) is 4.22. The standard InChI is InChI=1S/C20H25N3O4S2/c1-5-23(6-2)29(26,27)16-11-9-10-15(14-16)19(24)21-17-12-7-8-13-18(17)28-20(25)22(3)4/h7-14H,5-6H2,1-4H3,(H,21,24).